The first-order valence-electron chi connectivity index (χ1n) is 9.48. The van der Waals surface area contributed by atoms with Crippen LogP contribution < -0.4 is 5.32 Å². The molecule has 1 aliphatic heterocycles. The normalized spacial score (nSPS) is 16.2. The molecule has 1 heterocycles. The van der Waals surface area contributed by atoms with Crippen LogP contribution in [0.5, 0.6) is 0 Å². The molecule has 0 radical (unpaired) electrons. The topological polar surface area (TPSA) is 32.3 Å². The Bertz CT molecular complexity index is 698. The van der Waals surface area contributed by atoms with Crippen LogP contribution in [0.25, 0.3) is 0 Å². The van der Waals surface area contributed by atoms with Crippen LogP contribution in [0.4, 0.5) is 5.69 Å². The van der Waals surface area contributed by atoms with Gasteiger partial charge in [0.25, 0.3) is 0 Å². The monoisotopic (exact) mass is 368 g/mol. The molecular formula is C22H28N2OS. The van der Waals surface area contributed by atoms with E-state index >= 15 is 0 Å². The lowest BCUT2D eigenvalue weighted by Gasteiger charge is -2.26. The van der Waals surface area contributed by atoms with E-state index in [1.807, 2.05) is 42.1 Å². The third-order valence-corrected chi connectivity index (χ3v) is 5.86. The number of hydrogen-bond donors (Lipinski definition) is 1. The molecule has 1 unspecified atom stereocenters. The lowest BCUT2D eigenvalue weighted by Crippen LogP contribution is -2.31. The highest BCUT2D eigenvalue weighted by atomic mass is 32.2. The predicted octanol–water partition coefficient (Wildman–Crippen LogP) is 4.76. The minimum Gasteiger partial charge on any atom is -0.326 e. The van der Waals surface area contributed by atoms with Gasteiger partial charge in [0.05, 0.1) is 0 Å². The molecule has 0 bridgehead atoms. The van der Waals surface area contributed by atoms with Gasteiger partial charge < -0.3 is 5.32 Å². The Morgan fingerprint density at radius 2 is 1.88 bits per heavy atom. The van der Waals surface area contributed by atoms with E-state index in [2.05, 4.69) is 41.4 Å². The average molecular weight is 369 g/mol. The Labute approximate surface area is 161 Å². The number of benzene rings is 2. The van der Waals surface area contributed by atoms with E-state index in [4.69, 9.17) is 0 Å². The van der Waals surface area contributed by atoms with Gasteiger partial charge in [0.1, 0.15) is 0 Å². The van der Waals surface area contributed by atoms with Crippen LogP contribution in [0, 0.1) is 0 Å². The summed E-state index contributed by atoms with van der Waals surface area (Å²) in [5, 5.41) is 3.09. The second kappa shape index (κ2) is 9.79. The Morgan fingerprint density at radius 1 is 1.12 bits per heavy atom. The lowest BCUT2D eigenvalue weighted by molar-refractivity contribution is -0.116. The zero-order valence-corrected chi connectivity index (χ0v) is 16.3. The highest BCUT2D eigenvalue weighted by Crippen LogP contribution is 2.24. The molecule has 0 saturated carbocycles. The van der Waals surface area contributed by atoms with Gasteiger partial charge in [-0.15, -0.1) is 0 Å². The molecule has 1 amide bonds. The number of thioether (sulfide) groups is 1. The van der Waals surface area contributed by atoms with Gasteiger partial charge in [-0.25, -0.2) is 0 Å². The Hall–Kier alpha value is -1.78. The van der Waals surface area contributed by atoms with Gasteiger partial charge in [-0.2, -0.15) is 11.8 Å². The maximum Gasteiger partial charge on any atom is 0.224 e. The van der Waals surface area contributed by atoms with Gasteiger partial charge in [0, 0.05) is 43.2 Å². The molecule has 1 aliphatic rings. The zero-order chi connectivity index (χ0) is 18.2. The molecule has 0 spiro atoms. The van der Waals surface area contributed by atoms with E-state index < -0.39 is 0 Å². The fourth-order valence-corrected chi connectivity index (χ4v) is 4.40. The fraction of sp³-hybridized carbons (Fsp3) is 0.409. The largest absolute Gasteiger partial charge is 0.326 e. The quantitative estimate of drug-likeness (QED) is 0.765. The summed E-state index contributed by atoms with van der Waals surface area (Å²) in [6, 6.07) is 18.6. The number of amides is 1. The van der Waals surface area contributed by atoms with Crippen molar-refractivity contribution in [1.82, 2.24) is 4.90 Å². The SMILES string of the molecule is CCC(CC(=O)Nc1cccc(CN2CCSCC2)c1)c1ccccc1. The first-order chi connectivity index (χ1) is 12.7. The highest BCUT2D eigenvalue weighted by Gasteiger charge is 2.15. The standard InChI is InChI=1S/C22H28N2OS/c1-2-19(20-8-4-3-5-9-20)16-22(25)23-21-10-6-7-18(15-21)17-24-11-13-26-14-12-24/h3-10,15,19H,2,11-14,16-17H2,1H3,(H,23,25). The molecule has 2 aromatic rings. The summed E-state index contributed by atoms with van der Waals surface area (Å²) >= 11 is 2.03. The molecule has 0 aliphatic carbocycles. The molecular weight excluding hydrogens is 340 g/mol. The molecule has 4 heteroatoms. The van der Waals surface area contributed by atoms with E-state index in [1.165, 1.54) is 22.6 Å². The summed E-state index contributed by atoms with van der Waals surface area (Å²) in [7, 11) is 0. The molecule has 1 N–H and O–H groups in total. The van der Waals surface area contributed by atoms with E-state index in [0.717, 1.165) is 31.7 Å². The van der Waals surface area contributed by atoms with Crippen molar-refractivity contribution in [2.75, 3.05) is 29.9 Å². The molecule has 2 aromatic carbocycles. The van der Waals surface area contributed by atoms with Gasteiger partial charge in [0.15, 0.2) is 0 Å². The second-order valence-corrected chi connectivity index (χ2v) is 8.08. The minimum absolute atomic E-state index is 0.0900. The fourth-order valence-electron chi connectivity index (χ4n) is 3.42. The zero-order valence-electron chi connectivity index (χ0n) is 15.5. The molecule has 138 valence electrons. The number of carbonyl (C=O) groups excluding carboxylic acids is 1. The molecule has 1 fully saturated rings. The maximum absolute atomic E-state index is 12.5. The predicted molar refractivity (Wildman–Crippen MR) is 112 cm³/mol. The van der Waals surface area contributed by atoms with E-state index in [9.17, 15) is 4.79 Å². The van der Waals surface area contributed by atoms with Crippen LogP contribution in [0.1, 0.15) is 36.8 Å². The summed E-state index contributed by atoms with van der Waals surface area (Å²) in [6.45, 7) is 5.40. The van der Waals surface area contributed by atoms with Crippen LogP contribution >= 0.6 is 11.8 Å². The van der Waals surface area contributed by atoms with Crippen molar-refractivity contribution in [2.24, 2.45) is 0 Å². The van der Waals surface area contributed by atoms with Gasteiger partial charge in [-0.1, -0.05) is 49.4 Å². The van der Waals surface area contributed by atoms with Gasteiger partial charge in [-0.05, 0) is 35.6 Å². The Balaban J connectivity index is 1.57. The van der Waals surface area contributed by atoms with Crippen molar-refractivity contribution in [2.45, 2.75) is 32.2 Å². The first kappa shape index (κ1) is 19.0. The number of nitrogens with zero attached hydrogens (tertiary/aromatic N) is 1. The van der Waals surface area contributed by atoms with Crippen LogP contribution in [0.2, 0.25) is 0 Å². The van der Waals surface area contributed by atoms with Gasteiger partial charge in [-0.3, -0.25) is 9.69 Å². The average Bonchev–Trinajstić information content (AvgIpc) is 2.68. The minimum atomic E-state index is 0.0900. The highest BCUT2D eigenvalue weighted by molar-refractivity contribution is 7.99. The Morgan fingerprint density at radius 3 is 2.62 bits per heavy atom. The molecule has 1 saturated heterocycles. The molecule has 1 atom stereocenters. The molecule has 3 nitrogen and oxygen atoms in total. The van der Waals surface area contributed by atoms with Crippen molar-refractivity contribution in [1.29, 1.82) is 0 Å². The summed E-state index contributed by atoms with van der Waals surface area (Å²) < 4.78 is 0. The van der Waals surface area contributed by atoms with Crippen LogP contribution in [0.3, 0.4) is 0 Å². The van der Waals surface area contributed by atoms with Crippen molar-refractivity contribution in [3.05, 3.63) is 65.7 Å². The third kappa shape index (κ3) is 5.61. The number of carbonyl (C=O) groups is 1. The van der Waals surface area contributed by atoms with Gasteiger partial charge >= 0.3 is 0 Å². The van der Waals surface area contributed by atoms with Crippen LogP contribution in [-0.4, -0.2) is 35.4 Å². The third-order valence-electron chi connectivity index (χ3n) is 4.92. The van der Waals surface area contributed by atoms with Crippen LogP contribution in [0.15, 0.2) is 54.6 Å². The van der Waals surface area contributed by atoms with E-state index in [-0.39, 0.29) is 11.8 Å². The van der Waals surface area contributed by atoms with E-state index in [1.54, 1.807) is 0 Å². The van der Waals surface area contributed by atoms with Gasteiger partial charge in [0.2, 0.25) is 5.91 Å². The summed E-state index contributed by atoms with van der Waals surface area (Å²) in [6.07, 6.45) is 1.48. The summed E-state index contributed by atoms with van der Waals surface area (Å²) in [5.74, 6) is 2.79. The van der Waals surface area contributed by atoms with Crippen LogP contribution in [-0.2, 0) is 11.3 Å². The van der Waals surface area contributed by atoms with Crippen molar-refractivity contribution in [3.8, 4) is 0 Å². The number of hydrogen-bond acceptors (Lipinski definition) is 3. The molecule has 0 aromatic heterocycles. The number of rotatable bonds is 7. The molecule has 3 rings (SSSR count). The van der Waals surface area contributed by atoms with Crippen molar-refractivity contribution < 1.29 is 4.79 Å². The maximum atomic E-state index is 12.5. The Kier molecular flexibility index (Phi) is 7.15. The number of anilines is 1. The lowest BCUT2D eigenvalue weighted by atomic mass is 9.93. The van der Waals surface area contributed by atoms with E-state index in [0.29, 0.717) is 6.42 Å². The smallest absolute Gasteiger partial charge is 0.224 e. The first-order valence-corrected chi connectivity index (χ1v) is 10.6. The molecule has 26 heavy (non-hydrogen) atoms. The summed E-state index contributed by atoms with van der Waals surface area (Å²) in [5.41, 5.74) is 3.41. The second-order valence-electron chi connectivity index (χ2n) is 6.86. The summed E-state index contributed by atoms with van der Waals surface area (Å²) in [4.78, 5) is 15.0. The number of nitrogens with one attached hydrogen (secondary N) is 1. The van der Waals surface area contributed by atoms with Crippen molar-refractivity contribution >= 4 is 23.4 Å². The van der Waals surface area contributed by atoms with Crippen molar-refractivity contribution in [3.63, 3.8) is 0 Å².